The molecule has 1 aromatic rings. The molecule has 3 aliphatic heterocycles. The van der Waals surface area contributed by atoms with E-state index in [9.17, 15) is 4.79 Å². The minimum absolute atomic E-state index is 0.0580. The molecule has 7 heteroatoms. The third kappa shape index (κ3) is 3.42. The predicted octanol–water partition coefficient (Wildman–Crippen LogP) is 0.995. The van der Waals surface area contributed by atoms with E-state index < -0.39 is 0 Å². The van der Waals surface area contributed by atoms with Crippen LogP contribution in [0.25, 0.3) is 0 Å². The molecule has 3 fully saturated rings. The number of nitrogens with two attached hydrogens (primary N) is 1. The maximum Gasteiger partial charge on any atom is 0.234 e. The summed E-state index contributed by atoms with van der Waals surface area (Å²) in [5, 5.41) is 0. The molecule has 2 N–H and O–H groups in total. The van der Waals surface area contributed by atoms with Crippen LogP contribution in [0.3, 0.4) is 0 Å². The Hall–Kier alpha value is -1.89. The molecule has 1 atom stereocenters. The molecule has 25 heavy (non-hydrogen) atoms. The number of likely N-dealkylation sites (tertiary alicyclic amines) is 1. The number of primary amides is 1. The first-order chi connectivity index (χ1) is 12.2. The standard InChI is InChI=1S/C18H28N6O/c19-18(25)15-4-3-9-24(15)14-5-10-23(11-6-14)17-12-16(20-13-21-17)22-7-1-2-8-22/h12-15H,1-11H2,(H2,19,25)/t15-/m0/s1. The maximum absolute atomic E-state index is 11.7. The molecule has 4 rings (SSSR count). The van der Waals surface area contributed by atoms with Crippen molar-refractivity contribution in [2.24, 2.45) is 5.73 Å². The lowest BCUT2D eigenvalue weighted by atomic mass is 10.0. The fraction of sp³-hybridized carbons (Fsp3) is 0.722. The zero-order valence-corrected chi connectivity index (χ0v) is 14.8. The van der Waals surface area contributed by atoms with Gasteiger partial charge in [0.2, 0.25) is 5.91 Å². The second kappa shape index (κ2) is 7.15. The highest BCUT2D eigenvalue weighted by Gasteiger charge is 2.35. The van der Waals surface area contributed by atoms with E-state index in [4.69, 9.17) is 5.73 Å². The van der Waals surface area contributed by atoms with Crippen molar-refractivity contribution in [2.75, 3.05) is 42.5 Å². The summed E-state index contributed by atoms with van der Waals surface area (Å²) >= 11 is 0. The van der Waals surface area contributed by atoms with Crippen molar-refractivity contribution >= 4 is 17.5 Å². The van der Waals surface area contributed by atoms with Gasteiger partial charge in [-0.1, -0.05) is 0 Å². The number of amides is 1. The van der Waals surface area contributed by atoms with E-state index >= 15 is 0 Å². The minimum atomic E-state index is -0.161. The van der Waals surface area contributed by atoms with E-state index in [-0.39, 0.29) is 11.9 Å². The molecule has 0 bridgehead atoms. The van der Waals surface area contributed by atoms with E-state index in [0.29, 0.717) is 6.04 Å². The van der Waals surface area contributed by atoms with Gasteiger partial charge in [0.15, 0.2) is 0 Å². The lowest BCUT2D eigenvalue weighted by molar-refractivity contribution is -0.123. The number of carbonyl (C=O) groups is 1. The van der Waals surface area contributed by atoms with Gasteiger partial charge in [0.05, 0.1) is 6.04 Å². The Bertz CT molecular complexity index is 609. The maximum atomic E-state index is 11.7. The van der Waals surface area contributed by atoms with Crippen LogP contribution in [0, 0.1) is 0 Å². The molecular formula is C18H28N6O. The van der Waals surface area contributed by atoms with Gasteiger partial charge in [-0.3, -0.25) is 9.69 Å². The van der Waals surface area contributed by atoms with Gasteiger partial charge in [-0.2, -0.15) is 0 Å². The number of piperidine rings is 1. The number of hydrogen-bond acceptors (Lipinski definition) is 6. The number of aromatic nitrogens is 2. The average Bonchev–Trinajstić information content (AvgIpc) is 3.34. The highest BCUT2D eigenvalue weighted by atomic mass is 16.1. The van der Waals surface area contributed by atoms with Gasteiger partial charge in [0, 0.05) is 38.3 Å². The third-order valence-electron chi connectivity index (χ3n) is 5.95. The first kappa shape index (κ1) is 16.6. The molecule has 3 aliphatic rings. The van der Waals surface area contributed by atoms with Crippen molar-refractivity contribution < 1.29 is 4.79 Å². The van der Waals surface area contributed by atoms with Crippen molar-refractivity contribution in [3.05, 3.63) is 12.4 Å². The van der Waals surface area contributed by atoms with Crippen molar-refractivity contribution in [2.45, 2.75) is 50.6 Å². The van der Waals surface area contributed by atoms with Crippen LogP contribution in [0.2, 0.25) is 0 Å². The molecular weight excluding hydrogens is 316 g/mol. The third-order valence-corrected chi connectivity index (χ3v) is 5.95. The molecule has 0 unspecified atom stereocenters. The van der Waals surface area contributed by atoms with Gasteiger partial charge in [0.1, 0.15) is 18.0 Å². The largest absolute Gasteiger partial charge is 0.368 e. The molecule has 7 nitrogen and oxygen atoms in total. The fourth-order valence-electron chi connectivity index (χ4n) is 4.59. The Morgan fingerprint density at radius 1 is 0.920 bits per heavy atom. The number of nitrogens with zero attached hydrogens (tertiary/aromatic N) is 5. The lowest BCUT2D eigenvalue weighted by Gasteiger charge is -2.39. The summed E-state index contributed by atoms with van der Waals surface area (Å²) in [6, 6.07) is 2.54. The summed E-state index contributed by atoms with van der Waals surface area (Å²) in [5.41, 5.74) is 5.58. The summed E-state index contributed by atoms with van der Waals surface area (Å²) < 4.78 is 0. The van der Waals surface area contributed by atoms with Crippen molar-refractivity contribution in [3.8, 4) is 0 Å². The summed E-state index contributed by atoms with van der Waals surface area (Å²) in [6.07, 6.45) is 8.32. The first-order valence-corrected chi connectivity index (χ1v) is 9.59. The Morgan fingerprint density at radius 2 is 1.56 bits per heavy atom. The number of hydrogen-bond donors (Lipinski definition) is 1. The van der Waals surface area contributed by atoms with E-state index in [1.54, 1.807) is 6.33 Å². The monoisotopic (exact) mass is 344 g/mol. The number of anilines is 2. The van der Waals surface area contributed by atoms with Crippen LogP contribution in [0.4, 0.5) is 11.6 Å². The second-order valence-corrected chi connectivity index (χ2v) is 7.45. The molecule has 1 amide bonds. The molecule has 3 saturated heterocycles. The van der Waals surface area contributed by atoms with Gasteiger partial charge in [-0.05, 0) is 45.1 Å². The van der Waals surface area contributed by atoms with Gasteiger partial charge < -0.3 is 15.5 Å². The summed E-state index contributed by atoms with van der Waals surface area (Å²) in [7, 11) is 0. The summed E-state index contributed by atoms with van der Waals surface area (Å²) in [6.45, 7) is 5.15. The van der Waals surface area contributed by atoms with Crippen LogP contribution >= 0.6 is 0 Å². The minimum Gasteiger partial charge on any atom is -0.368 e. The average molecular weight is 344 g/mol. The lowest BCUT2D eigenvalue weighted by Crippen LogP contribution is -2.50. The highest BCUT2D eigenvalue weighted by molar-refractivity contribution is 5.80. The molecule has 136 valence electrons. The van der Waals surface area contributed by atoms with Gasteiger partial charge >= 0.3 is 0 Å². The van der Waals surface area contributed by atoms with Crippen LogP contribution in [-0.4, -0.2) is 65.6 Å². The van der Waals surface area contributed by atoms with Crippen LogP contribution < -0.4 is 15.5 Å². The van der Waals surface area contributed by atoms with E-state index in [2.05, 4.69) is 30.7 Å². The second-order valence-electron chi connectivity index (χ2n) is 7.45. The molecule has 0 radical (unpaired) electrons. The Morgan fingerprint density at radius 3 is 2.20 bits per heavy atom. The number of rotatable bonds is 4. The molecule has 0 aromatic carbocycles. The van der Waals surface area contributed by atoms with E-state index in [0.717, 1.165) is 70.0 Å². The van der Waals surface area contributed by atoms with Crippen LogP contribution in [0.15, 0.2) is 12.4 Å². The smallest absolute Gasteiger partial charge is 0.234 e. The van der Waals surface area contributed by atoms with Crippen LogP contribution in [0.5, 0.6) is 0 Å². The Balaban J connectivity index is 1.39. The van der Waals surface area contributed by atoms with E-state index in [1.165, 1.54) is 12.8 Å². The zero-order chi connectivity index (χ0) is 17.2. The zero-order valence-electron chi connectivity index (χ0n) is 14.8. The van der Waals surface area contributed by atoms with Crippen molar-refractivity contribution in [1.29, 1.82) is 0 Å². The van der Waals surface area contributed by atoms with Crippen molar-refractivity contribution in [1.82, 2.24) is 14.9 Å². The van der Waals surface area contributed by atoms with Gasteiger partial charge in [0.25, 0.3) is 0 Å². The topological polar surface area (TPSA) is 78.6 Å². The Kier molecular flexibility index (Phi) is 4.74. The Labute approximate surface area is 149 Å². The van der Waals surface area contributed by atoms with Crippen LogP contribution in [-0.2, 0) is 4.79 Å². The molecule has 0 saturated carbocycles. The summed E-state index contributed by atoms with van der Waals surface area (Å²) in [5.74, 6) is 1.92. The van der Waals surface area contributed by atoms with Crippen LogP contribution in [0.1, 0.15) is 38.5 Å². The molecule has 4 heterocycles. The quantitative estimate of drug-likeness (QED) is 0.878. The first-order valence-electron chi connectivity index (χ1n) is 9.59. The molecule has 1 aromatic heterocycles. The summed E-state index contributed by atoms with van der Waals surface area (Å²) in [4.78, 5) is 27.6. The normalized spacial score (nSPS) is 25.7. The van der Waals surface area contributed by atoms with Gasteiger partial charge in [-0.15, -0.1) is 0 Å². The predicted molar refractivity (Wildman–Crippen MR) is 97.6 cm³/mol. The highest BCUT2D eigenvalue weighted by Crippen LogP contribution is 2.28. The molecule has 0 spiro atoms. The van der Waals surface area contributed by atoms with Crippen molar-refractivity contribution in [3.63, 3.8) is 0 Å². The van der Waals surface area contributed by atoms with Gasteiger partial charge in [-0.25, -0.2) is 9.97 Å². The van der Waals surface area contributed by atoms with E-state index in [1.807, 2.05) is 0 Å². The SMILES string of the molecule is NC(=O)[C@@H]1CCCN1C1CCN(c2cc(N3CCCC3)ncn2)CC1. The molecule has 0 aliphatic carbocycles. The number of carbonyl (C=O) groups excluding carboxylic acids is 1. The fourth-order valence-corrected chi connectivity index (χ4v) is 4.59.